The number of ether oxygens (including phenoxy) is 3. The molecule has 2 N–H and O–H groups in total. The number of hydrogen-bond acceptors (Lipinski definition) is 7. The number of primary amides is 1. The maximum Gasteiger partial charge on any atom is 0.355 e. The normalized spacial score (nSPS) is 14.4. The predicted octanol–water partition coefficient (Wildman–Crippen LogP) is 0.833. The molecule has 24 heavy (non-hydrogen) atoms. The lowest BCUT2D eigenvalue weighted by atomic mass is 10.1. The number of halogens is 1. The maximum atomic E-state index is 12.2. The number of anilines is 1. The van der Waals surface area contributed by atoms with Gasteiger partial charge in [-0.3, -0.25) is 4.79 Å². The van der Waals surface area contributed by atoms with Gasteiger partial charge in [0.15, 0.2) is 0 Å². The minimum absolute atomic E-state index is 0.00572. The topological polar surface area (TPSA) is 108 Å². The van der Waals surface area contributed by atoms with Crippen molar-refractivity contribution < 1.29 is 28.6 Å². The number of esters is 2. The molecule has 0 atom stereocenters. The average molecular weight is 355 g/mol. The lowest BCUT2D eigenvalue weighted by Crippen LogP contribution is -2.38. The highest BCUT2D eigenvalue weighted by molar-refractivity contribution is 6.33. The number of amides is 1. The molecule has 0 spiro atoms. The molecule has 8 nitrogen and oxygen atoms in total. The summed E-state index contributed by atoms with van der Waals surface area (Å²) in [5, 5.41) is 0.168. The molecule has 0 unspecified atom stereocenters. The van der Waals surface area contributed by atoms with Crippen LogP contribution < -0.4 is 10.6 Å². The van der Waals surface area contributed by atoms with Crippen LogP contribution in [0.4, 0.5) is 5.69 Å². The van der Waals surface area contributed by atoms with Gasteiger partial charge in [0, 0.05) is 5.69 Å². The monoisotopic (exact) mass is 354 g/mol. The Kier molecular flexibility index (Phi) is 5.42. The molecule has 0 saturated carbocycles. The van der Waals surface area contributed by atoms with Crippen LogP contribution in [0.3, 0.4) is 0 Å². The first-order valence-electron chi connectivity index (χ1n) is 6.75. The van der Waals surface area contributed by atoms with E-state index >= 15 is 0 Å². The van der Waals surface area contributed by atoms with E-state index in [1.807, 2.05) is 0 Å². The number of benzene rings is 1. The van der Waals surface area contributed by atoms with Gasteiger partial charge >= 0.3 is 11.9 Å². The first kappa shape index (κ1) is 17.8. The van der Waals surface area contributed by atoms with Crippen LogP contribution in [0.25, 0.3) is 0 Å². The fraction of sp³-hybridized carbons (Fsp3) is 0.267. The highest BCUT2D eigenvalue weighted by Gasteiger charge is 2.32. The number of carbonyl (C=O) groups excluding carboxylic acids is 3. The van der Waals surface area contributed by atoms with Crippen molar-refractivity contribution in [3.05, 3.63) is 40.1 Å². The summed E-state index contributed by atoms with van der Waals surface area (Å²) in [4.78, 5) is 36.9. The molecule has 0 aliphatic carbocycles. The summed E-state index contributed by atoms with van der Waals surface area (Å²) in [5.41, 5.74) is 5.71. The van der Waals surface area contributed by atoms with Crippen molar-refractivity contribution in [2.24, 2.45) is 5.73 Å². The standard InChI is InChI=1S/C15H15ClN2O6/c1-22-14(20)10-6-24-7-18(12(10)15(21)23-2)8-3-4-11(16)9(5-8)13(17)19/h3-5H,6-7H2,1-2H3,(H2,17,19). The first-order valence-corrected chi connectivity index (χ1v) is 7.13. The van der Waals surface area contributed by atoms with Crippen LogP contribution in [0.1, 0.15) is 10.4 Å². The molecule has 0 radical (unpaired) electrons. The zero-order valence-electron chi connectivity index (χ0n) is 13.0. The van der Waals surface area contributed by atoms with Crippen molar-refractivity contribution in [2.45, 2.75) is 0 Å². The zero-order valence-corrected chi connectivity index (χ0v) is 13.8. The Hall–Kier alpha value is -2.58. The second-order valence-electron chi connectivity index (χ2n) is 4.74. The van der Waals surface area contributed by atoms with Gasteiger partial charge in [-0.1, -0.05) is 11.6 Å². The third-order valence-corrected chi connectivity index (χ3v) is 3.69. The Morgan fingerprint density at radius 3 is 2.46 bits per heavy atom. The lowest BCUT2D eigenvalue weighted by Gasteiger charge is -2.31. The summed E-state index contributed by atoms with van der Waals surface area (Å²) in [7, 11) is 2.38. The quantitative estimate of drug-likeness (QED) is 0.798. The van der Waals surface area contributed by atoms with E-state index in [4.69, 9.17) is 26.8 Å². The minimum atomic E-state index is -0.741. The molecule has 9 heteroatoms. The highest BCUT2D eigenvalue weighted by Crippen LogP contribution is 2.29. The summed E-state index contributed by atoms with van der Waals surface area (Å²) in [6.07, 6.45) is 0. The third-order valence-electron chi connectivity index (χ3n) is 3.36. The largest absolute Gasteiger partial charge is 0.466 e. The van der Waals surface area contributed by atoms with Crippen molar-refractivity contribution in [3.8, 4) is 0 Å². The van der Waals surface area contributed by atoms with E-state index in [0.717, 1.165) is 0 Å². The molecule has 1 aliphatic rings. The van der Waals surface area contributed by atoms with E-state index < -0.39 is 17.8 Å². The van der Waals surface area contributed by atoms with Gasteiger partial charge in [0.25, 0.3) is 0 Å². The van der Waals surface area contributed by atoms with Gasteiger partial charge in [-0.15, -0.1) is 0 Å². The van der Waals surface area contributed by atoms with Gasteiger partial charge in [0.2, 0.25) is 5.91 Å². The van der Waals surface area contributed by atoms with Crippen LogP contribution in [0.5, 0.6) is 0 Å². The van der Waals surface area contributed by atoms with Gasteiger partial charge in [-0.2, -0.15) is 0 Å². The Morgan fingerprint density at radius 2 is 1.88 bits per heavy atom. The average Bonchev–Trinajstić information content (AvgIpc) is 2.59. The van der Waals surface area contributed by atoms with Crippen molar-refractivity contribution in [1.29, 1.82) is 0 Å². The summed E-state index contributed by atoms with van der Waals surface area (Å²) in [6.45, 7) is -0.144. The second-order valence-corrected chi connectivity index (χ2v) is 5.15. The number of nitrogens with zero attached hydrogens (tertiary/aromatic N) is 1. The van der Waals surface area contributed by atoms with Gasteiger partial charge in [0.05, 0.1) is 37.0 Å². The number of rotatable bonds is 4. The summed E-state index contributed by atoms with van der Waals surface area (Å²) < 4.78 is 14.8. The fourth-order valence-corrected chi connectivity index (χ4v) is 2.43. The van der Waals surface area contributed by atoms with E-state index in [9.17, 15) is 14.4 Å². The van der Waals surface area contributed by atoms with E-state index in [1.165, 1.54) is 31.3 Å². The Bertz CT molecular complexity index is 731. The highest BCUT2D eigenvalue weighted by atomic mass is 35.5. The third kappa shape index (κ3) is 3.34. The Balaban J connectivity index is 2.59. The molecule has 1 aliphatic heterocycles. The van der Waals surface area contributed by atoms with E-state index in [2.05, 4.69) is 4.74 Å². The van der Waals surface area contributed by atoms with E-state index in [1.54, 1.807) is 6.07 Å². The van der Waals surface area contributed by atoms with Gasteiger partial charge < -0.3 is 24.8 Å². The molecule has 0 fully saturated rings. The maximum absolute atomic E-state index is 12.2. The van der Waals surface area contributed by atoms with Crippen LogP contribution in [0.2, 0.25) is 5.02 Å². The van der Waals surface area contributed by atoms with Crippen LogP contribution in [0.15, 0.2) is 29.5 Å². The van der Waals surface area contributed by atoms with Crippen LogP contribution in [0, 0.1) is 0 Å². The minimum Gasteiger partial charge on any atom is -0.466 e. The molecule has 128 valence electrons. The molecule has 0 bridgehead atoms. The number of carbonyl (C=O) groups is 3. The van der Waals surface area contributed by atoms with Crippen LogP contribution in [-0.2, 0) is 23.8 Å². The molecule has 1 aromatic carbocycles. The van der Waals surface area contributed by atoms with Crippen molar-refractivity contribution in [2.75, 3.05) is 32.5 Å². The summed E-state index contributed by atoms with van der Waals surface area (Å²) in [6, 6.07) is 4.41. The van der Waals surface area contributed by atoms with Crippen LogP contribution >= 0.6 is 11.6 Å². The molecule has 0 saturated heterocycles. The molecule has 1 heterocycles. The second kappa shape index (κ2) is 7.33. The molecular formula is C15H15ClN2O6. The van der Waals surface area contributed by atoms with Gasteiger partial charge in [0.1, 0.15) is 12.4 Å². The molecule has 2 rings (SSSR count). The van der Waals surface area contributed by atoms with Crippen molar-refractivity contribution in [1.82, 2.24) is 0 Å². The van der Waals surface area contributed by atoms with E-state index in [-0.39, 0.29) is 35.2 Å². The fourth-order valence-electron chi connectivity index (χ4n) is 2.22. The van der Waals surface area contributed by atoms with Crippen molar-refractivity contribution in [3.63, 3.8) is 0 Å². The number of methoxy groups -OCH3 is 2. The van der Waals surface area contributed by atoms with Gasteiger partial charge in [-0.25, -0.2) is 9.59 Å². The Labute approximate surface area is 142 Å². The molecule has 0 aromatic heterocycles. The molecule has 1 aromatic rings. The van der Waals surface area contributed by atoms with E-state index in [0.29, 0.717) is 5.69 Å². The first-order chi connectivity index (χ1) is 11.4. The summed E-state index contributed by atoms with van der Waals surface area (Å²) >= 11 is 5.93. The number of nitrogens with two attached hydrogens (primary N) is 1. The molecule has 1 amide bonds. The lowest BCUT2D eigenvalue weighted by molar-refractivity contribution is -0.140. The van der Waals surface area contributed by atoms with Crippen LogP contribution in [-0.4, -0.2) is 45.4 Å². The number of hydrogen-bond donors (Lipinski definition) is 1. The van der Waals surface area contributed by atoms with Crippen molar-refractivity contribution >= 4 is 35.1 Å². The predicted molar refractivity (Wildman–Crippen MR) is 84.3 cm³/mol. The zero-order chi connectivity index (χ0) is 17.9. The summed E-state index contributed by atoms with van der Waals surface area (Å²) in [5.74, 6) is -2.19. The SMILES string of the molecule is COC(=O)C1=C(C(=O)OC)N(c2ccc(Cl)c(C(N)=O)c2)COC1. The Morgan fingerprint density at radius 1 is 1.21 bits per heavy atom. The molecular weight excluding hydrogens is 340 g/mol. The van der Waals surface area contributed by atoms with Gasteiger partial charge in [-0.05, 0) is 18.2 Å². The smallest absolute Gasteiger partial charge is 0.355 e.